The number of hydrogen-bond acceptors (Lipinski definition) is 2. The van der Waals surface area contributed by atoms with Crippen LogP contribution in [-0.2, 0) is 16.4 Å². The van der Waals surface area contributed by atoms with Crippen molar-refractivity contribution < 1.29 is 8.42 Å². The van der Waals surface area contributed by atoms with Crippen molar-refractivity contribution in [2.24, 2.45) is 4.40 Å². The monoisotopic (exact) mass is 243 g/mol. The van der Waals surface area contributed by atoms with E-state index in [1.54, 1.807) is 26.0 Å². The molecule has 3 nitrogen and oxygen atoms in total. The van der Waals surface area contributed by atoms with E-state index in [1.165, 1.54) is 0 Å². The molecule has 5 heteroatoms. The van der Waals surface area contributed by atoms with E-state index < -0.39 is 10.0 Å². The van der Waals surface area contributed by atoms with Crippen molar-refractivity contribution in [3.05, 3.63) is 28.3 Å². The highest BCUT2D eigenvalue weighted by atomic mass is 35.5. The lowest BCUT2D eigenvalue weighted by atomic mass is 10.1. The highest BCUT2D eigenvalue weighted by molar-refractivity contribution is 7.90. The molecule has 0 spiro atoms. The summed E-state index contributed by atoms with van der Waals surface area (Å²) in [6.45, 7) is 3.48. The molecule has 0 amide bonds. The van der Waals surface area contributed by atoms with Gasteiger partial charge in [-0.05, 0) is 37.1 Å². The fourth-order valence-corrected chi connectivity index (χ4v) is 3.18. The van der Waals surface area contributed by atoms with E-state index in [4.69, 9.17) is 11.6 Å². The van der Waals surface area contributed by atoms with Gasteiger partial charge in [0.1, 0.15) is 0 Å². The summed E-state index contributed by atoms with van der Waals surface area (Å²) < 4.78 is 27.1. The molecule has 0 N–H and O–H groups in total. The lowest BCUT2D eigenvalue weighted by Gasteiger charge is -2.15. The third kappa shape index (κ3) is 1.79. The Morgan fingerprint density at radius 3 is 2.67 bits per heavy atom. The highest BCUT2D eigenvalue weighted by Gasteiger charge is 2.24. The molecule has 1 aliphatic rings. The molecule has 0 fully saturated rings. The molecule has 0 aromatic heterocycles. The van der Waals surface area contributed by atoms with Crippen LogP contribution in [0.15, 0.2) is 21.4 Å². The second kappa shape index (κ2) is 3.32. The smallest absolute Gasteiger partial charge is 0.199 e. The second-order valence-electron chi connectivity index (χ2n) is 3.69. The number of fused-ring (bicyclic) bond motifs is 1. The molecule has 1 heterocycles. The zero-order valence-electron chi connectivity index (χ0n) is 8.41. The van der Waals surface area contributed by atoms with Gasteiger partial charge in [0.15, 0.2) is 0 Å². The van der Waals surface area contributed by atoms with E-state index in [0.29, 0.717) is 17.2 Å². The maximum absolute atomic E-state index is 11.7. The lowest BCUT2D eigenvalue weighted by Crippen LogP contribution is -2.14. The molecule has 1 aliphatic heterocycles. The van der Waals surface area contributed by atoms with E-state index in [0.717, 1.165) is 11.1 Å². The van der Waals surface area contributed by atoms with Gasteiger partial charge in [-0.25, -0.2) is 0 Å². The van der Waals surface area contributed by atoms with Gasteiger partial charge in [-0.2, -0.15) is 12.8 Å². The van der Waals surface area contributed by atoms with Crippen molar-refractivity contribution >= 4 is 27.3 Å². The topological polar surface area (TPSA) is 46.5 Å². The number of sulfonamides is 1. The molecule has 0 saturated heterocycles. The SMILES string of the molecule is CC1=NS(=O)(=O)c2cc(C)c(Cl)cc2C1. The fraction of sp³-hybridized carbons (Fsp3) is 0.300. The Labute approximate surface area is 93.8 Å². The van der Waals surface area contributed by atoms with Crippen LogP contribution in [0.3, 0.4) is 0 Å². The number of benzene rings is 1. The molecule has 15 heavy (non-hydrogen) atoms. The quantitative estimate of drug-likeness (QED) is 0.702. The van der Waals surface area contributed by atoms with Crippen molar-refractivity contribution in [2.45, 2.75) is 25.2 Å². The van der Waals surface area contributed by atoms with E-state index in [2.05, 4.69) is 4.40 Å². The van der Waals surface area contributed by atoms with Gasteiger partial charge in [0, 0.05) is 17.2 Å². The number of hydrogen-bond donors (Lipinski definition) is 0. The van der Waals surface area contributed by atoms with Gasteiger partial charge in [-0.3, -0.25) is 0 Å². The van der Waals surface area contributed by atoms with Crippen molar-refractivity contribution in [3.8, 4) is 0 Å². The predicted octanol–water partition coefficient (Wildman–Crippen LogP) is 2.35. The summed E-state index contributed by atoms with van der Waals surface area (Å²) in [6.07, 6.45) is 0.550. The first-order valence-corrected chi connectivity index (χ1v) is 6.31. The van der Waals surface area contributed by atoms with Gasteiger partial charge < -0.3 is 0 Å². The zero-order chi connectivity index (χ0) is 11.2. The van der Waals surface area contributed by atoms with Crippen LogP contribution < -0.4 is 0 Å². The molecule has 0 unspecified atom stereocenters. The van der Waals surface area contributed by atoms with Crippen LogP contribution in [0.4, 0.5) is 0 Å². The average Bonchev–Trinajstić information content (AvgIpc) is 2.07. The minimum absolute atomic E-state index is 0.287. The molecule has 0 radical (unpaired) electrons. The van der Waals surface area contributed by atoms with Crippen LogP contribution >= 0.6 is 11.6 Å². The van der Waals surface area contributed by atoms with Crippen LogP contribution in [0, 0.1) is 6.92 Å². The molecular formula is C10H10ClNO2S. The highest BCUT2D eigenvalue weighted by Crippen LogP contribution is 2.29. The summed E-state index contributed by atoms with van der Waals surface area (Å²) in [5, 5.41) is 0.596. The van der Waals surface area contributed by atoms with Crippen molar-refractivity contribution in [1.82, 2.24) is 0 Å². The molecule has 1 aromatic rings. The Bertz CT molecular complexity index is 561. The number of halogens is 1. The molecule has 80 valence electrons. The van der Waals surface area contributed by atoms with Gasteiger partial charge >= 0.3 is 0 Å². The maximum Gasteiger partial charge on any atom is 0.282 e. The average molecular weight is 244 g/mol. The van der Waals surface area contributed by atoms with Crippen molar-refractivity contribution in [1.29, 1.82) is 0 Å². The van der Waals surface area contributed by atoms with Crippen molar-refractivity contribution in [2.75, 3.05) is 0 Å². The van der Waals surface area contributed by atoms with Gasteiger partial charge in [0.2, 0.25) is 0 Å². The van der Waals surface area contributed by atoms with Crippen LogP contribution in [0.5, 0.6) is 0 Å². The molecule has 0 bridgehead atoms. The number of nitrogens with zero attached hydrogens (tertiary/aromatic N) is 1. The maximum atomic E-state index is 11.7. The van der Waals surface area contributed by atoms with Crippen LogP contribution in [0.25, 0.3) is 0 Å². The molecule has 0 saturated carbocycles. The summed E-state index contributed by atoms with van der Waals surface area (Å²) in [6, 6.07) is 3.30. The van der Waals surface area contributed by atoms with Gasteiger partial charge in [0.25, 0.3) is 10.0 Å². The molecular weight excluding hydrogens is 234 g/mol. The molecule has 0 aliphatic carbocycles. The van der Waals surface area contributed by atoms with E-state index in [-0.39, 0.29) is 4.90 Å². The minimum Gasteiger partial charge on any atom is -0.199 e. The molecule has 0 atom stereocenters. The Morgan fingerprint density at radius 2 is 2.00 bits per heavy atom. The first kappa shape index (κ1) is 10.6. The third-order valence-corrected chi connectivity index (χ3v) is 4.24. The summed E-state index contributed by atoms with van der Waals surface area (Å²) in [5.74, 6) is 0. The van der Waals surface area contributed by atoms with Gasteiger partial charge in [0.05, 0.1) is 4.90 Å². The third-order valence-electron chi connectivity index (χ3n) is 2.34. The Balaban J connectivity index is 2.75. The fourth-order valence-electron chi connectivity index (χ4n) is 1.64. The van der Waals surface area contributed by atoms with Gasteiger partial charge in [-0.15, -0.1) is 0 Å². The first-order chi connectivity index (χ1) is 6.90. The predicted molar refractivity (Wildman–Crippen MR) is 60.2 cm³/mol. The molecule has 1 aromatic carbocycles. The zero-order valence-corrected chi connectivity index (χ0v) is 9.98. The van der Waals surface area contributed by atoms with Crippen LogP contribution in [-0.4, -0.2) is 14.1 Å². The minimum atomic E-state index is -3.50. The van der Waals surface area contributed by atoms with Crippen molar-refractivity contribution in [3.63, 3.8) is 0 Å². The normalized spacial score (nSPS) is 18.2. The van der Waals surface area contributed by atoms with E-state index in [1.807, 2.05) is 0 Å². The Hall–Kier alpha value is -0.870. The first-order valence-electron chi connectivity index (χ1n) is 4.49. The van der Waals surface area contributed by atoms with Gasteiger partial charge in [-0.1, -0.05) is 11.6 Å². The Kier molecular flexibility index (Phi) is 2.35. The number of rotatable bonds is 0. The Morgan fingerprint density at radius 1 is 1.33 bits per heavy atom. The lowest BCUT2D eigenvalue weighted by molar-refractivity contribution is 0.596. The summed E-state index contributed by atoms with van der Waals surface area (Å²) in [5.41, 5.74) is 2.09. The van der Waals surface area contributed by atoms with Crippen LogP contribution in [0.2, 0.25) is 5.02 Å². The second-order valence-corrected chi connectivity index (χ2v) is 5.67. The van der Waals surface area contributed by atoms with E-state index >= 15 is 0 Å². The molecule has 2 rings (SSSR count). The summed E-state index contributed by atoms with van der Waals surface area (Å²) >= 11 is 5.95. The van der Waals surface area contributed by atoms with E-state index in [9.17, 15) is 8.42 Å². The standard InChI is InChI=1S/C10H10ClNO2S/c1-6-3-10-8(5-9(6)11)4-7(2)12-15(10,13)14/h3,5H,4H2,1-2H3. The summed E-state index contributed by atoms with van der Waals surface area (Å²) in [7, 11) is -3.50. The largest absolute Gasteiger partial charge is 0.282 e. The van der Waals surface area contributed by atoms with Crippen LogP contribution in [0.1, 0.15) is 18.1 Å². The summed E-state index contributed by atoms with van der Waals surface area (Å²) in [4.78, 5) is 0.287. The number of aryl methyl sites for hydroxylation is 1.